The highest BCUT2D eigenvalue weighted by molar-refractivity contribution is 5.32. The maximum absolute atomic E-state index is 6.10. The van der Waals surface area contributed by atoms with Crippen LogP contribution in [0.25, 0.3) is 0 Å². The molecule has 0 saturated carbocycles. The second-order valence-electron chi connectivity index (χ2n) is 6.03. The van der Waals surface area contributed by atoms with Crippen LogP contribution in [0.15, 0.2) is 18.2 Å². The molecule has 106 valence electrons. The standard InChI is InChI=1S/C17H28N2/c1-13-8-9-16(11-14(13)2)17(12-18)19-10-6-4-5-7-15(19)3/h8-9,11,15,17H,4-7,10,12,18H2,1-3H3. The van der Waals surface area contributed by atoms with Crippen LogP contribution < -0.4 is 5.73 Å². The summed E-state index contributed by atoms with van der Waals surface area (Å²) in [5, 5.41) is 0. The second kappa shape index (κ2) is 6.53. The van der Waals surface area contributed by atoms with E-state index in [1.165, 1.54) is 48.9 Å². The van der Waals surface area contributed by atoms with Crippen LogP contribution >= 0.6 is 0 Å². The van der Waals surface area contributed by atoms with E-state index < -0.39 is 0 Å². The van der Waals surface area contributed by atoms with Crippen molar-refractivity contribution in [2.45, 2.75) is 58.5 Å². The molecule has 0 amide bonds. The van der Waals surface area contributed by atoms with Crippen LogP contribution in [-0.4, -0.2) is 24.0 Å². The lowest BCUT2D eigenvalue weighted by molar-refractivity contribution is 0.150. The molecule has 1 aromatic rings. The molecule has 2 heteroatoms. The zero-order valence-corrected chi connectivity index (χ0v) is 12.7. The normalized spacial score (nSPS) is 23.1. The van der Waals surface area contributed by atoms with Crippen molar-refractivity contribution in [1.29, 1.82) is 0 Å². The van der Waals surface area contributed by atoms with Crippen molar-refractivity contribution in [3.63, 3.8) is 0 Å². The lowest BCUT2D eigenvalue weighted by Crippen LogP contribution is -2.39. The average molecular weight is 260 g/mol. The Morgan fingerprint density at radius 3 is 2.68 bits per heavy atom. The highest BCUT2D eigenvalue weighted by atomic mass is 15.2. The second-order valence-corrected chi connectivity index (χ2v) is 6.03. The summed E-state index contributed by atoms with van der Waals surface area (Å²) < 4.78 is 0. The molecular formula is C17H28N2. The van der Waals surface area contributed by atoms with Gasteiger partial charge in [0.05, 0.1) is 0 Å². The van der Waals surface area contributed by atoms with Gasteiger partial charge >= 0.3 is 0 Å². The Bertz CT molecular complexity index is 414. The highest BCUT2D eigenvalue weighted by Gasteiger charge is 2.25. The summed E-state index contributed by atoms with van der Waals surface area (Å²) in [7, 11) is 0. The van der Waals surface area contributed by atoms with E-state index >= 15 is 0 Å². The van der Waals surface area contributed by atoms with Crippen LogP contribution in [0.5, 0.6) is 0 Å². The number of rotatable bonds is 3. The van der Waals surface area contributed by atoms with Crippen LogP contribution in [0.4, 0.5) is 0 Å². The Morgan fingerprint density at radius 2 is 2.00 bits per heavy atom. The predicted molar refractivity (Wildman–Crippen MR) is 82.3 cm³/mol. The summed E-state index contributed by atoms with van der Waals surface area (Å²) in [6.45, 7) is 8.63. The number of nitrogens with two attached hydrogens (primary N) is 1. The maximum Gasteiger partial charge on any atom is 0.0473 e. The van der Waals surface area contributed by atoms with Crippen LogP contribution in [0.1, 0.15) is 55.3 Å². The Morgan fingerprint density at radius 1 is 1.21 bits per heavy atom. The summed E-state index contributed by atoms with van der Waals surface area (Å²) in [4.78, 5) is 2.62. The van der Waals surface area contributed by atoms with Gasteiger partial charge in [-0.05, 0) is 56.8 Å². The van der Waals surface area contributed by atoms with Gasteiger partial charge in [0.15, 0.2) is 0 Å². The molecule has 2 N–H and O–H groups in total. The van der Waals surface area contributed by atoms with Crippen molar-refractivity contribution in [3.05, 3.63) is 34.9 Å². The van der Waals surface area contributed by atoms with E-state index in [-0.39, 0.29) is 0 Å². The summed E-state index contributed by atoms with van der Waals surface area (Å²) >= 11 is 0. The van der Waals surface area contributed by atoms with E-state index in [1.54, 1.807) is 0 Å². The lowest BCUT2D eigenvalue weighted by Gasteiger charge is -2.35. The molecule has 19 heavy (non-hydrogen) atoms. The summed E-state index contributed by atoms with van der Waals surface area (Å²) in [5.74, 6) is 0. The van der Waals surface area contributed by atoms with Crippen molar-refractivity contribution in [1.82, 2.24) is 4.90 Å². The molecule has 2 unspecified atom stereocenters. The third-order valence-electron chi connectivity index (χ3n) is 4.64. The molecule has 1 saturated heterocycles. The quantitative estimate of drug-likeness (QED) is 0.900. The highest BCUT2D eigenvalue weighted by Crippen LogP contribution is 2.28. The smallest absolute Gasteiger partial charge is 0.0473 e. The van der Waals surface area contributed by atoms with Crippen LogP contribution in [0.2, 0.25) is 0 Å². The van der Waals surface area contributed by atoms with Gasteiger partial charge in [-0.3, -0.25) is 4.90 Å². The van der Waals surface area contributed by atoms with Crippen molar-refractivity contribution in [2.24, 2.45) is 5.73 Å². The topological polar surface area (TPSA) is 29.3 Å². The Kier molecular flexibility index (Phi) is 5.00. The zero-order valence-electron chi connectivity index (χ0n) is 12.7. The van der Waals surface area contributed by atoms with Gasteiger partial charge in [-0.1, -0.05) is 31.0 Å². The fraction of sp³-hybridized carbons (Fsp3) is 0.647. The Balaban J connectivity index is 2.24. The molecule has 1 heterocycles. The number of aryl methyl sites for hydroxylation is 2. The Labute approximate surface area is 118 Å². The van der Waals surface area contributed by atoms with Crippen molar-refractivity contribution >= 4 is 0 Å². The van der Waals surface area contributed by atoms with Gasteiger partial charge < -0.3 is 5.73 Å². The molecule has 0 radical (unpaired) electrons. The van der Waals surface area contributed by atoms with Crippen molar-refractivity contribution < 1.29 is 0 Å². The number of hydrogen-bond acceptors (Lipinski definition) is 2. The van der Waals surface area contributed by atoms with E-state index in [0.717, 1.165) is 0 Å². The van der Waals surface area contributed by atoms with Gasteiger partial charge in [0.25, 0.3) is 0 Å². The first-order chi connectivity index (χ1) is 9.13. The fourth-order valence-corrected chi connectivity index (χ4v) is 3.19. The molecule has 1 aromatic carbocycles. The summed E-state index contributed by atoms with van der Waals surface area (Å²) in [6.07, 6.45) is 5.35. The molecule has 1 aliphatic heterocycles. The first kappa shape index (κ1) is 14.5. The van der Waals surface area contributed by atoms with E-state index in [2.05, 4.69) is 43.9 Å². The zero-order chi connectivity index (χ0) is 13.8. The first-order valence-corrected chi connectivity index (χ1v) is 7.66. The molecule has 2 nitrogen and oxygen atoms in total. The van der Waals surface area contributed by atoms with E-state index in [9.17, 15) is 0 Å². The number of benzene rings is 1. The summed E-state index contributed by atoms with van der Waals surface area (Å²) in [6, 6.07) is 7.85. The molecule has 2 atom stereocenters. The molecule has 0 aromatic heterocycles. The minimum Gasteiger partial charge on any atom is -0.329 e. The van der Waals surface area contributed by atoms with Gasteiger partial charge in [-0.25, -0.2) is 0 Å². The largest absolute Gasteiger partial charge is 0.329 e. The van der Waals surface area contributed by atoms with E-state index in [4.69, 9.17) is 5.73 Å². The van der Waals surface area contributed by atoms with Gasteiger partial charge in [0.1, 0.15) is 0 Å². The van der Waals surface area contributed by atoms with Gasteiger partial charge in [-0.15, -0.1) is 0 Å². The number of likely N-dealkylation sites (tertiary alicyclic amines) is 1. The Hall–Kier alpha value is -0.860. The number of nitrogens with zero attached hydrogens (tertiary/aromatic N) is 1. The van der Waals surface area contributed by atoms with Gasteiger partial charge in [-0.2, -0.15) is 0 Å². The SMILES string of the molecule is Cc1ccc(C(CN)N2CCCCCC2C)cc1C. The van der Waals surface area contributed by atoms with E-state index in [0.29, 0.717) is 18.6 Å². The summed E-state index contributed by atoms with van der Waals surface area (Å²) in [5.41, 5.74) is 10.2. The van der Waals surface area contributed by atoms with Crippen molar-refractivity contribution in [3.8, 4) is 0 Å². The maximum atomic E-state index is 6.10. The lowest BCUT2D eigenvalue weighted by atomic mass is 9.98. The average Bonchev–Trinajstić information content (AvgIpc) is 2.60. The minimum absolute atomic E-state index is 0.382. The minimum atomic E-state index is 0.382. The molecule has 0 aliphatic carbocycles. The third kappa shape index (κ3) is 3.37. The fourth-order valence-electron chi connectivity index (χ4n) is 3.19. The van der Waals surface area contributed by atoms with Crippen molar-refractivity contribution in [2.75, 3.05) is 13.1 Å². The first-order valence-electron chi connectivity index (χ1n) is 7.66. The third-order valence-corrected chi connectivity index (χ3v) is 4.64. The molecule has 0 bridgehead atoms. The predicted octanol–water partition coefficient (Wildman–Crippen LogP) is 3.57. The van der Waals surface area contributed by atoms with Gasteiger partial charge in [0, 0.05) is 18.6 Å². The molecule has 0 spiro atoms. The molecule has 2 rings (SSSR count). The molecular weight excluding hydrogens is 232 g/mol. The van der Waals surface area contributed by atoms with Gasteiger partial charge in [0.2, 0.25) is 0 Å². The van der Waals surface area contributed by atoms with E-state index in [1.807, 2.05) is 0 Å². The molecule has 1 aliphatic rings. The van der Waals surface area contributed by atoms with Crippen LogP contribution in [0.3, 0.4) is 0 Å². The monoisotopic (exact) mass is 260 g/mol. The van der Waals surface area contributed by atoms with Crippen LogP contribution in [-0.2, 0) is 0 Å². The molecule has 1 fully saturated rings. The van der Waals surface area contributed by atoms with Crippen LogP contribution in [0, 0.1) is 13.8 Å². The number of hydrogen-bond donors (Lipinski definition) is 1.